The minimum atomic E-state index is -0.457. The number of aliphatic hydroxyl groups is 1. The highest BCUT2D eigenvalue weighted by Crippen LogP contribution is 2.18. The fourth-order valence-corrected chi connectivity index (χ4v) is 3.93. The lowest BCUT2D eigenvalue weighted by Gasteiger charge is -2.36. The van der Waals surface area contributed by atoms with Crippen molar-refractivity contribution in [3.05, 3.63) is 22.4 Å². The van der Waals surface area contributed by atoms with Gasteiger partial charge in [-0.1, -0.05) is 6.07 Å². The third-order valence-corrected chi connectivity index (χ3v) is 5.34. The summed E-state index contributed by atoms with van der Waals surface area (Å²) in [6.07, 6.45) is 1.51. The Morgan fingerprint density at radius 3 is 2.87 bits per heavy atom. The Bertz CT molecular complexity index is 489. The molecule has 1 atom stereocenters. The molecule has 3 rings (SSSR count). The monoisotopic (exact) mass is 339 g/mol. The molecule has 1 aromatic heterocycles. The highest BCUT2D eigenvalue weighted by Gasteiger charge is 2.30. The topological polar surface area (TPSA) is 65.0 Å². The van der Waals surface area contributed by atoms with E-state index in [0.29, 0.717) is 25.8 Å². The van der Waals surface area contributed by atoms with Crippen LogP contribution in [0.4, 0.5) is 4.79 Å². The summed E-state index contributed by atoms with van der Waals surface area (Å²) in [5.41, 5.74) is 0. The normalized spacial score (nSPS) is 21.6. The third kappa shape index (κ3) is 4.67. The summed E-state index contributed by atoms with van der Waals surface area (Å²) in [7, 11) is 0. The van der Waals surface area contributed by atoms with Crippen molar-refractivity contribution in [2.24, 2.45) is 0 Å². The number of likely N-dealkylation sites (tertiary alicyclic amines) is 1. The molecular formula is C16H25N3O3S. The maximum Gasteiger partial charge on any atom is 0.317 e. The van der Waals surface area contributed by atoms with Crippen molar-refractivity contribution >= 4 is 17.4 Å². The molecule has 2 fully saturated rings. The van der Waals surface area contributed by atoms with E-state index in [1.165, 1.54) is 4.88 Å². The van der Waals surface area contributed by atoms with Crippen molar-refractivity contribution < 1.29 is 14.6 Å². The summed E-state index contributed by atoms with van der Waals surface area (Å²) in [6.45, 7) is 5.02. The predicted octanol–water partition coefficient (Wildman–Crippen LogP) is 1.12. The number of nitrogens with one attached hydrogen (secondary N) is 1. The number of carbonyl (C=O) groups excluding carboxylic acids is 1. The van der Waals surface area contributed by atoms with Gasteiger partial charge in [0.2, 0.25) is 0 Å². The number of ether oxygens (including phenoxy) is 1. The number of hydrogen-bond acceptors (Lipinski definition) is 5. The van der Waals surface area contributed by atoms with E-state index in [-0.39, 0.29) is 6.03 Å². The average Bonchev–Trinajstić information content (AvgIpc) is 3.20. The number of amides is 2. The van der Waals surface area contributed by atoms with Crippen LogP contribution in [0.1, 0.15) is 17.7 Å². The lowest BCUT2D eigenvalue weighted by Crippen LogP contribution is -2.48. The zero-order valence-corrected chi connectivity index (χ0v) is 14.1. The largest absolute Gasteiger partial charge is 0.389 e. The highest BCUT2D eigenvalue weighted by atomic mass is 32.1. The van der Waals surface area contributed by atoms with E-state index in [4.69, 9.17) is 4.74 Å². The fourth-order valence-electron chi connectivity index (χ4n) is 3.29. The lowest BCUT2D eigenvalue weighted by molar-refractivity contribution is 0.00413. The smallest absolute Gasteiger partial charge is 0.317 e. The number of rotatable bonds is 7. The van der Waals surface area contributed by atoms with E-state index < -0.39 is 6.10 Å². The number of carbonyl (C=O) groups is 1. The molecule has 3 heterocycles. The van der Waals surface area contributed by atoms with Crippen molar-refractivity contribution in [3.8, 4) is 0 Å². The Morgan fingerprint density at radius 1 is 1.39 bits per heavy atom. The zero-order chi connectivity index (χ0) is 16.1. The number of β-amino-alcohol motifs (C(OH)–C–C–N with tert-alkyl or cyclic N) is 1. The van der Waals surface area contributed by atoms with Crippen LogP contribution in [0, 0.1) is 0 Å². The minimum absolute atomic E-state index is 0.0745. The molecule has 0 bridgehead atoms. The summed E-state index contributed by atoms with van der Waals surface area (Å²) in [4.78, 5) is 17.1. The van der Waals surface area contributed by atoms with Gasteiger partial charge in [-0.25, -0.2) is 4.79 Å². The van der Waals surface area contributed by atoms with E-state index >= 15 is 0 Å². The van der Waals surface area contributed by atoms with Crippen LogP contribution in [0.5, 0.6) is 0 Å². The SMILES string of the molecule is O=C1NCCN1C1CCN(CC(O)COCc2cccs2)CC1. The average molecular weight is 339 g/mol. The molecule has 0 saturated carbocycles. The van der Waals surface area contributed by atoms with Crippen LogP contribution in [-0.4, -0.2) is 72.4 Å². The van der Waals surface area contributed by atoms with Gasteiger partial charge in [-0.2, -0.15) is 0 Å². The van der Waals surface area contributed by atoms with Crippen molar-refractivity contribution in [2.75, 3.05) is 39.3 Å². The van der Waals surface area contributed by atoms with Crippen LogP contribution in [0.3, 0.4) is 0 Å². The third-order valence-electron chi connectivity index (χ3n) is 4.49. The molecule has 0 spiro atoms. The molecule has 6 nitrogen and oxygen atoms in total. The Balaban J connectivity index is 1.32. The van der Waals surface area contributed by atoms with E-state index in [1.54, 1.807) is 11.3 Å². The van der Waals surface area contributed by atoms with Crippen LogP contribution < -0.4 is 5.32 Å². The first kappa shape index (κ1) is 16.7. The van der Waals surface area contributed by atoms with E-state index in [9.17, 15) is 9.90 Å². The Labute approximate surface area is 141 Å². The van der Waals surface area contributed by atoms with Gasteiger partial charge in [0.1, 0.15) is 0 Å². The van der Waals surface area contributed by atoms with E-state index in [0.717, 1.165) is 39.0 Å². The highest BCUT2D eigenvalue weighted by molar-refractivity contribution is 7.09. The zero-order valence-electron chi connectivity index (χ0n) is 13.3. The minimum Gasteiger partial charge on any atom is -0.389 e. The van der Waals surface area contributed by atoms with Gasteiger partial charge in [0.05, 0.1) is 19.3 Å². The molecule has 2 N–H and O–H groups in total. The molecule has 128 valence electrons. The second-order valence-electron chi connectivity index (χ2n) is 6.21. The first-order chi connectivity index (χ1) is 11.2. The van der Waals surface area contributed by atoms with Gasteiger partial charge < -0.3 is 25.0 Å². The number of aliphatic hydroxyl groups excluding tert-OH is 1. The molecule has 0 radical (unpaired) electrons. The summed E-state index contributed by atoms with van der Waals surface area (Å²) < 4.78 is 5.57. The van der Waals surface area contributed by atoms with Crippen molar-refractivity contribution in [3.63, 3.8) is 0 Å². The molecule has 1 aromatic rings. The maximum atomic E-state index is 11.7. The molecule has 0 aromatic carbocycles. The van der Waals surface area contributed by atoms with Gasteiger partial charge in [-0.15, -0.1) is 11.3 Å². The van der Waals surface area contributed by atoms with Crippen LogP contribution in [-0.2, 0) is 11.3 Å². The number of thiophene rings is 1. The molecule has 2 aliphatic heterocycles. The second kappa shape index (κ2) is 8.10. The second-order valence-corrected chi connectivity index (χ2v) is 7.24. The molecule has 2 aliphatic rings. The Hall–Kier alpha value is -1.15. The van der Waals surface area contributed by atoms with Gasteiger partial charge in [0.15, 0.2) is 0 Å². The molecule has 0 aliphatic carbocycles. The Kier molecular flexibility index (Phi) is 5.88. The van der Waals surface area contributed by atoms with Crippen LogP contribution in [0.15, 0.2) is 17.5 Å². The quantitative estimate of drug-likeness (QED) is 0.781. The first-order valence-corrected chi connectivity index (χ1v) is 9.15. The summed E-state index contributed by atoms with van der Waals surface area (Å²) in [6, 6.07) is 4.47. The summed E-state index contributed by atoms with van der Waals surface area (Å²) in [5, 5.41) is 15.0. The molecule has 1 unspecified atom stereocenters. The maximum absolute atomic E-state index is 11.7. The number of nitrogens with zero attached hydrogens (tertiary/aromatic N) is 2. The number of hydrogen-bond donors (Lipinski definition) is 2. The molecule has 7 heteroatoms. The molecule has 2 amide bonds. The summed E-state index contributed by atoms with van der Waals surface area (Å²) in [5.74, 6) is 0. The lowest BCUT2D eigenvalue weighted by atomic mass is 10.0. The van der Waals surface area contributed by atoms with Crippen molar-refractivity contribution in [2.45, 2.75) is 31.6 Å². The van der Waals surface area contributed by atoms with Gasteiger partial charge in [0.25, 0.3) is 0 Å². The van der Waals surface area contributed by atoms with Crippen LogP contribution >= 0.6 is 11.3 Å². The standard InChI is InChI=1S/C16H25N3O3S/c20-14(11-22-12-15-2-1-9-23-15)10-18-6-3-13(4-7-18)19-8-5-17-16(19)21/h1-2,9,13-14,20H,3-8,10-12H2,(H,17,21). The number of urea groups is 1. The molecular weight excluding hydrogens is 314 g/mol. The fraction of sp³-hybridized carbons (Fsp3) is 0.688. The van der Waals surface area contributed by atoms with Gasteiger partial charge in [-0.3, -0.25) is 0 Å². The molecule has 2 saturated heterocycles. The molecule has 23 heavy (non-hydrogen) atoms. The van der Waals surface area contributed by atoms with Crippen LogP contribution in [0.2, 0.25) is 0 Å². The van der Waals surface area contributed by atoms with Crippen LogP contribution in [0.25, 0.3) is 0 Å². The van der Waals surface area contributed by atoms with Crippen molar-refractivity contribution in [1.29, 1.82) is 0 Å². The van der Waals surface area contributed by atoms with Gasteiger partial charge in [-0.05, 0) is 24.3 Å². The number of piperidine rings is 1. The first-order valence-electron chi connectivity index (χ1n) is 8.27. The van der Waals surface area contributed by atoms with Crippen molar-refractivity contribution in [1.82, 2.24) is 15.1 Å². The van der Waals surface area contributed by atoms with E-state index in [2.05, 4.69) is 10.2 Å². The van der Waals surface area contributed by atoms with E-state index in [1.807, 2.05) is 22.4 Å². The van der Waals surface area contributed by atoms with Gasteiger partial charge >= 0.3 is 6.03 Å². The summed E-state index contributed by atoms with van der Waals surface area (Å²) >= 11 is 1.67. The Morgan fingerprint density at radius 2 is 2.22 bits per heavy atom. The van der Waals surface area contributed by atoms with Gasteiger partial charge in [0, 0.05) is 43.6 Å². The predicted molar refractivity (Wildman–Crippen MR) is 89.5 cm³/mol.